The first-order chi connectivity index (χ1) is 9.70. The first kappa shape index (κ1) is 15.5. The number of likely N-dealkylation sites (tertiary alicyclic amines) is 1. The van der Waals surface area contributed by atoms with Gasteiger partial charge in [-0.3, -0.25) is 9.88 Å². The highest BCUT2D eigenvalue weighted by Gasteiger charge is 2.38. The van der Waals surface area contributed by atoms with Crippen LogP contribution in [0.2, 0.25) is 0 Å². The van der Waals surface area contributed by atoms with Crippen molar-refractivity contribution in [3.05, 3.63) is 30.1 Å². The maximum atomic E-state index is 4.13. The smallest absolute Gasteiger partial charge is 0.0335 e. The van der Waals surface area contributed by atoms with E-state index in [1.165, 1.54) is 37.9 Å². The molecule has 2 heterocycles. The predicted octanol–water partition coefficient (Wildman–Crippen LogP) is 2.87. The van der Waals surface area contributed by atoms with E-state index in [1.807, 2.05) is 12.4 Å². The molecule has 112 valence electrons. The number of rotatable bonds is 7. The standard InChI is InChI=1S/C17H29N3/c1-4-17(3,20-12-6-7-13-20)16(19-5-2)14-15-8-10-18-11-9-15/h8-11,16,19H,4-7,12-14H2,1-3H3. The van der Waals surface area contributed by atoms with E-state index in [2.05, 4.69) is 48.1 Å². The van der Waals surface area contributed by atoms with Crippen LogP contribution in [-0.2, 0) is 6.42 Å². The molecule has 2 rings (SSSR count). The first-order valence-corrected chi connectivity index (χ1v) is 8.08. The Labute approximate surface area is 123 Å². The monoisotopic (exact) mass is 275 g/mol. The molecular weight excluding hydrogens is 246 g/mol. The van der Waals surface area contributed by atoms with Gasteiger partial charge in [-0.1, -0.05) is 13.8 Å². The fraction of sp³-hybridized carbons (Fsp3) is 0.706. The fourth-order valence-electron chi connectivity index (χ4n) is 3.43. The van der Waals surface area contributed by atoms with Crippen LogP contribution in [0, 0.1) is 0 Å². The molecule has 2 atom stereocenters. The number of hydrogen-bond donors (Lipinski definition) is 1. The molecule has 0 aromatic carbocycles. The minimum atomic E-state index is 0.246. The van der Waals surface area contributed by atoms with E-state index in [0.29, 0.717) is 6.04 Å². The number of nitrogens with one attached hydrogen (secondary N) is 1. The van der Waals surface area contributed by atoms with Crippen molar-refractivity contribution in [2.45, 2.75) is 58.0 Å². The van der Waals surface area contributed by atoms with Gasteiger partial charge in [0.2, 0.25) is 0 Å². The Morgan fingerprint density at radius 3 is 2.45 bits per heavy atom. The summed E-state index contributed by atoms with van der Waals surface area (Å²) in [5.74, 6) is 0. The molecular formula is C17H29N3. The molecule has 1 aliphatic rings. The summed E-state index contributed by atoms with van der Waals surface area (Å²) in [5, 5.41) is 3.74. The molecule has 3 nitrogen and oxygen atoms in total. The summed E-state index contributed by atoms with van der Waals surface area (Å²) in [6.07, 6.45) is 8.77. The summed E-state index contributed by atoms with van der Waals surface area (Å²) >= 11 is 0. The molecule has 0 saturated carbocycles. The van der Waals surface area contributed by atoms with Gasteiger partial charge >= 0.3 is 0 Å². The summed E-state index contributed by atoms with van der Waals surface area (Å²) in [6, 6.07) is 4.78. The Kier molecular flexibility index (Phi) is 5.55. The van der Waals surface area contributed by atoms with Crippen LogP contribution in [0.4, 0.5) is 0 Å². The third-order valence-corrected chi connectivity index (χ3v) is 4.93. The minimum absolute atomic E-state index is 0.246. The number of nitrogens with zero attached hydrogens (tertiary/aromatic N) is 2. The van der Waals surface area contributed by atoms with Crippen molar-refractivity contribution in [2.24, 2.45) is 0 Å². The third-order valence-electron chi connectivity index (χ3n) is 4.93. The molecule has 0 bridgehead atoms. The summed E-state index contributed by atoms with van der Waals surface area (Å²) in [4.78, 5) is 6.82. The lowest BCUT2D eigenvalue weighted by molar-refractivity contribution is 0.0847. The van der Waals surface area contributed by atoms with Crippen molar-refractivity contribution in [3.8, 4) is 0 Å². The zero-order chi connectivity index (χ0) is 14.4. The zero-order valence-electron chi connectivity index (χ0n) is 13.2. The number of hydrogen-bond acceptors (Lipinski definition) is 3. The highest BCUT2D eigenvalue weighted by Crippen LogP contribution is 2.29. The van der Waals surface area contributed by atoms with Crippen molar-refractivity contribution in [2.75, 3.05) is 19.6 Å². The van der Waals surface area contributed by atoms with Crippen molar-refractivity contribution < 1.29 is 0 Å². The normalized spacial score (nSPS) is 20.8. The molecule has 1 fully saturated rings. The second-order valence-corrected chi connectivity index (χ2v) is 6.07. The molecule has 0 aliphatic carbocycles. The van der Waals surface area contributed by atoms with Crippen LogP contribution < -0.4 is 5.32 Å². The molecule has 0 spiro atoms. The van der Waals surface area contributed by atoms with Gasteiger partial charge in [0.1, 0.15) is 0 Å². The second kappa shape index (κ2) is 7.19. The highest BCUT2D eigenvalue weighted by molar-refractivity contribution is 5.14. The molecule has 1 saturated heterocycles. The number of likely N-dealkylation sites (N-methyl/N-ethyl adjacent to an activating group) is 1. The summed E-state index contributed by atoms with van der Waals surface area (Å²) in [6.45, 7) is 10.5. The van der Waals surface area contributed by atoms with E-state index < -0.39 is 0 Å². The van der Waals surface area contributed by atoms with Gasteiger partial charge in [-0.2, -0.15) is 0 Å². The Morgan fingerprint density at radius 2 is 1.90 bits per heavy atom. The summed E-state index contributed by atoms with van der Waals surface area (Å²) < 4.78 is 0. The van der Waals surface area contributed by atoms with Crippen LogP contribution in [0.5, 0.6) is 0 Å². The van der Waals surface area contributed by atoms with Gasteiger partial charge in [0, 0.05) is 24.0 Å². The maximum Gasteiger partial charge on any atom is 0.0335 e. The van der Waals surface area contributed by atoms with Gasteiger partial charge in [-0.05, 0) is 69.9 Å². The van der Waals surface area contributed by atoms with Crippen molar-refractivity contribution in [1.29, 1.82) is 0 Å². The van der Waals surface area contributed by atoms with E-state index in [0.717, 1.165) is 13.0 Å². The molecule has 1 aromatic rings. The lowest BCUT2D eigenvalue weighted by Crippen LogP contribution is -2.59. The number of pyridine rings is 1. The van der Waals surface area contributed by atoms with Crippen LogP contribution in [0.1, 0.15) is 45.6 Å². The largest absolute Gasteiger partial charge is 0.312 e. The third kappa shape index (κ3) is 3.39. The molecule has 0 amide bonds. The lowest BCUT2D eigenvalue weighted by Gasteiger charge is -2.45. The Bertz CT molecular complexity index is 386. The van der Waals surface area contributed by atoms with E-state index in [1.54, 1.807) is 0 Å². The van der Waals surface area contributed by atoms with E-state index in [-0.39, 0.29) is 5.54 Å². The van der Waals surface area contributed by atoms with Crippen molar-refractivity contribution in [3.63, 3.8) is 0 Å². The first-order valence-electron chi connectivity index (χ1n) is 8.08. The average Bonchev–Trinajstić information content (AvgIpc) is 3.02. The lowest BCUT2D eigenvalue weighted by atomic mass is 9.83. The average molecular weight is 275 g/mol. The summed E-state index contributed by atoms with van der Waals surface area (Å²) in [5.41, 5.74) is 1.63. The molecule has 2 unspecified atom stereocenters. The van der Waals surface area contributed by atoms with Crippen LogP contribution in [0.15, 0.2) is 24.5 Å². The van der Waals surface area contributed by atoms with E-state index >= 15 is 0 Å². The Morgan fingerprint density at radius 1 is 1.25 bits per heavy atom. The zero-order valence-corrected chi connectivity index (χ0v) is 13.2. The van der Waals surface area contributed by atoms with Crippen molar-refractivity contribution >= 4 is 0 Å². The highest BCUT2D eigenvalue weighted by atomic mass is 15.2. The SMILES string of the molecule is CCNC(Cc1ccncc1)C(C)(CC)N1CCCC1. The quantitative estimate of drug-likeness (QED) is 0.829. The van der Waals surface area contributed by atoms with Gasteiger partial charge in [-0.15, -0.1) is 0 Å². The minimum Gasteiger partial charge on any atom is -0.312 e. The van der Waals surface area contributed by atoms with E-state index in [9.17, 15) is 0 Å². The molecule has 20 heavy (non-hydrogen) atoms. The van der Waals surface area contributed by atoms with Crippen molar-refractivity contribution in [1.82, 2.24) is 15.2 Å². The van der Waals surface area contributed by atoms with E-state index in [4.69, 9.17) is 0 Å². The Balaban J connectivity index is 2.16. The number of aromatic nitrogens is 1. The van der Waals surface area contributed by atoms with Crippen LogP contribution in [-0.4, -0.2) is 41.1 Å². The van der Waals surface area contributed by atoms with Gasteiger partial charge in [0.15, 0.2) is 0 Å². The van der Waals surface area contributed by atoms with Crippen LogP contribution in [0.25, 0.3) is 0 Å². The van der Waals surface area contributed by atoms with Gasteiger partial charge in [0.25, 0.3) is 0 Å². The topological polar surface area (TPSA) is 28.2 Å². The second-order valence-electron chi connectivity index (χ2n) is 6.07. The fourth-order valence-corrected chi connectivity index (χ4v) is 3.43. The van der Waals surface area contributed by atoms with Crippen LogP contribution >= 0.6 is 0 Å². The molecule has 0 radical (unpaired) electrons. The Hall–Kier alpha value is -0.930. The molecule has 1 aromatic heterocycles. The molecule has 1 N–H and O–H groups in total. The van der Waals surface area contributed by atoms with Gasteiger partial charge in [0.05, 0.1) is 0 Å². The van der Waals surface area contributed by atoms with Gasteiger partial charge in [-0.25, -0.2) is 0 Å². The molecule has 1 aliphatic heterocycles. The summed E-state index contributed by atoms with van der Waals surface area (Å²) in [7, 11) is 0. The maximum absolute atomic E-state index is 4.13. The molecule has 3 heteroatoms. The predicted molar refractivity (Wildman–Crippen MR) is 84.9 cm³/mol. The van der Waals surface area contributed by atoms with Crippen LogP contribution in [0.3, 0.4) is 0 Å². The van der Waals surface area contributed by atoms with Gasteiger partial charge < -0.3 is 5.32 Å².